The third kappa shape index (κ3) is 3.30. The number of thiophene rings is 1. The molecule has 0 bridgehead atoms. The summed E-state index contributed by atoms with van der Waals surface area (Å²) in [7, 11) is 0. The molecule has 5 heteroatoms. The number of nitrogens with two attached hydrogens (primary N) is 1. The summed E-state index contributed by atoms with van der Waals surface area (Å²) < 4.78 is 0. The molecule has 0 aliphatic rings. The fourth-order valence-electron chi connectivity index (χ4n) is 1.21. The van der Waals surface area contributed by atoms with Gasteiger partial charge in [0.25, 0.3) is 0 Å². The number of hydrogen-bond donors (Lipinski definition) is 3. The smallest absolute Gasteiger partial charge is 0.242 e. The van der Waals surface area contributed by atoms with Crippen LogP contribution in [0.25, 0.3) is 0 Å². The van der Waals surface area contributed by atoms with Crippen LogP contribution >= 0.6 is 11.3 Å². The van der Waals surface area contributed by atoms with Crippen LogP contribution in [0.4, 0.5) is 0 Å². The van der Waals surface area contributed by atoms with E-state index in [2.05, 4.69) is 5.32 Å². The maximum Gasteiger partial charge on any atom is 0.242 e. The van der Waals surface area contributed by atoms with E-state index in [4.69, 9.17) is 10.8 Å². The molecule has 0 saturated heterocycles. The zero-order valence-electron chi connectivity index (χ0n) is 9.51. The van der Waals surface area contributed by atoms with Gasteiger partial charge in [0.2, 0.25) is 5.91 Å². The first-order chi connectivity index (χ1) is 7.56. The highest BCUT2D eigenvalue weighted by Gasteiger charge is 2.20. The number of amides is 1. The van der Waals surface area contributed by atoms with Crippen molar-refractivity contribution in [2.75, 3.05) is 6.61 Å². The van der Waals surface area contributed by atoms with Crippen LogP contribution in [0.1, 0.15) is 24.8 Å². The summed E-state index contributed by atoms with van der Waals surface area (Å²) in [5, 5.41) is 13.7. The van der Waals surface area contributed by atoms with Crippen molar-refractivity contribution < 1.29 is 9.90 Å². The maximum absolute atomic E-state index is 11.8. The van der Waals surface area contributed by atoms with Gasteiger partial charge in [-0.15, -0.1) is 11.3 Å². The van der Waals surface area contributed by atoms with Gasteiger partial charge in [-0.05, 0) is 24.3 Å². The second-order valence-corrected chi connectivity index (χ2v) is 4.93. The largest absolute Gasteiger partial charge is 0.396 e. The molecule has 3 atom stereocenters. The standard InChI is InChI=1S/C11H18N2O2S/c1-7(6-14)8(2)13-11(15)10(12)9-4-3-5-16-9/h3-5,7-8,10,14H,6,12H2,1-2H3,(H,13,15). The van der Waals surface area contributed by atoms with Crippen molar-refractivity contribution in [3.8, 4) is 0 Å². The summed E-state index contributed by atoms with van der Waals surface area (Å²) in [6, 6.07) is 3.01. The molecule has 16 heavy (non-hydrogen) atoms. The lowest BCUT2D eigenvalue weighted by Crippen LogP contribution is -2.42. The lowest BCUT2D eigenvalue weighted by atomic mass is 10.0. The SMILES string of the molecule is CC(CO)C(C)NC(=O)C(N)c1cccs1. The molecule has 0 fully saturated rings. The van der Waals surface area contributed by atoms with E-state index in [-0.39, 0.29) is 24.5 Å². The van der Waals surface area contributed by atoms with Crippen LogP contribution in [0.15, 0.2) is 17.5 Å². The Hall–Kier alpha value is -0.910. The number of nitrogens with one attached hydrogen (secondary N) is 1. The molecule has 0 radical (unpaired) electrons. The highest BCUT2D eigenvalue weighted by atomic mass is 32.1. The molecule has 0 aliphatic heterocycles. The van der Waals surface area contributed by atoms with Crippen molar-refractivity contribution in [3.63, 3.8) is 0 Å². The molecule has 1 aromatic rings. The Labute approximate surface area is 99.5 Å². The van der Waals surface area contributed by atoms with Crippen molar-refractivity contribution in [3.05, 3.63) is 22.4 Å². The highest BCUT2D eigenvalue weighted by Crippen LogP contribution is 2.17. The van der Waals surface area contributed by atoms with E-state index in [1.807, 2.05) is 31.4 Å². The first kappa shape index (κ1) is 13.2. The molecule has 90 valence electrons. The van der Waals surface area contributed by atoms with Crippen LogP contribution < -0.4 is 11.1 Å². The maximum atomic E-state index is 11.8. The van der Waals surface area contributed by atoms with E-state index in [1.54, 1.807) is 0 Å². The Morgan fingerprint density at radius 2 is 2.31 bits per heavy atom. The molecular weight excluding hydrogens is 224 g/mol. The third-order valence-electron chi connectivity index (χ3n) is 2.64. The van der Waals surface area contributed by atoms with E-state index in [0.29, 0.717) is 0 Å². The molecular formula is C11H18N2O2S. The van der Waals surface area contributed by atoms with Crippen molar-refractivity contribution in [2.24, 2.45) is 11.7 Å². The number of aliphatic hydroxyl groups is 1. The summed E-state index contributed by atoms with van der Waals surface area (Å²) in [4.78, 5) is 12.6. The first-order valence-electron chi connectivity index (χ1n) is 5.26. The monoisotopic (exact) mass is 242 g/mol. The highest BCUT2D eigenvalue weighted by molar-refractivity contribution is 7.10. The summed E-state index contributed by atoms with van der Waals surface area (Å²) in [6.45, 7) is 3.79. The van der Waals surface area contributed by atoms with Gasteiger partial charge in [-0.25, -0.2) is 0 Å². The van der Waals surface area contributed by atoms with E-state index >= 15 is 0 Å². The average molecular weight is 242 g/mol. The van der Waals surface area contributed by atoms with Crippen molar-refractivity contribution in [1.29, 1.82) is 0 Å². The number of hydrogen-bond acceptors (Lipinski definition) is 4. The second-order valence-electron chi connectivity index (χ2n) is 3.95. The lowest BCUT2D eigenvalue weighted by Gasteiger charge is -2.21. The van der Waals surface area contributed by atoms with Gasteiger partial charge in [-0.3, -0.25) is 4.79 Å². The molecule has 1 rings (SSSR count). The van der Waals surface area contributed by atoms with Gasteiger partial charge < -0.3 is 16.2 Å². The van der Waals surface area contributed by atoms with E-state index < -0.39 is 6.04 Å². The normalized spacial score (nSPS) is 16.5. The van der Waals surface area contributed by atoms with Crippen LogP contribution in [-0.2, 0) is 4.79 Å². The van der Waals surface area contributed by atoms with E-state index in [9.17, 15) is 4.79 Å². The Bertz CT molecular complexity index is 327. The van der Waals surface area contributed by atoms with Crippen molar-refractivity contribution >= 4 is 17.2 Å². The molecule has 1 amide bonds. The Kier molecular flexibility index (Phi) is 4.92. The van der Waals surface area contributed by atoms with Gasteiger partial charge >= 0.3 is 0 Å². The fraction of sp³-hybridized carbons (Fsp3) is 0.545. The lowest BCUT2D eigenvalue weighted by molar-refractivity contribution is -0.123. The second kappa shape index (κ2) is 5.98. The topological polar surface area (TPSA) is 75.3 Å². The minimum absolute atomic E-state index is 0.0273. The molecule has 1 aromatic heterocycles. The van der Waals surface area contributed by atoms with Gasteiger partial charge in [0.1, 0.15) is 6.04 Å². The molecule has 4 nitrogen and oxygen atoms in total. The van der Waals surface area contributed by atoms with Crippen LogP contribution in [0.5, 0.6) is 0 Å². The number of carbonyl (C=O) groups is 1. The average Bonchev–Trinajstić information content (AvgIpc) is 2.79. The summed E-state index contributed by atoms with van der Waals surface area (Å²) in [5.74, 6) is -0.172. The van der Waals surface area contributed by atoms with Gasteiger partial charge in [0, 0.05) is 17.5 Å². The van der Waals surface area contributed by atoms with Crippen molar-refractivity contribution in [1.82, 2.24) is 5.32 Å². The Balaban J connectivity index is 2.52. The minimum Gasteiger partial charge on any atom is -0.396 e. The molecule has 4 N–H and O–H groups in total. The zero-order chi connectivity index (χ0) is 12.1. The van der Waals surface area contributed by atoms with E-state index in [0.717, 1.165) is 4.88 Å². The van der Waals surface area contributed by atoms with E-state index in [1.165, 1.54) is 11.3 Å². The minimum atomic E-state index is -0.617. The fourth-order valence-corrected chi connectivity index (χ4v) is 1.94. The summed E-state index contributed by atoms with van der Waals surface area (Å²) >= 11 is 1.47. The number of rotatable bonds is 5. The Morgan fingerprint density at radius 1 is 1.62 bits per heavy atom. The van der Waals surface area contributed by atoms with Crippen LogP contribution in [0.3, 0.4) is 0 Å². The molecule has 3 unspecified atom stereocenters. The van der Waals surface area contributed by atoms with Crippen LogP contribution in [0.2, 0.25) is 0 Å². The number of carbonyl (C=O) groups excluding carboxylic acids is 1. The molecule has 0 aromatic carbocycles. The van der Waals surface area contributed by atoms with Crippen LogP contribution in [0, 0.1) is 5.92 Å². The predicted octanol–water partition coefficient (Wildman–Crippen LogP) is 0.881. The third-order valence-corrected chi connectivity index (χ3v) is 3.60. The van der Waals surface area contributed by atoms with Crippen molar-refractivity contribution in [2.45, 2.75) is 25.9 Å². The quantitative estimate of drug-likeness (QED) is 0.717. The molecule has 1 heterocycles. The molecule has 0 aliphatic carbocycles. The van der Waals surface area contributed by atoms with Gasteiger partial charge in [0.15, 0.2) is 0 Å². The predicted molar refractivity (Wildman–Crippen MR) is 65.1 cm³/mol. The first-order valence-corrected chi connectivity index (χ1v) is 6.14. The molecule has 0 spiro atoms. The zero-order valence-corrected chi connectivity index (χ0v) is 10.3. The Morgan fingerprint density at radius 3 is 2.81 bits per heavy atom. The van der Waals surface area contributed by atoms with Gasteiger partial charge in [0.05, 0.1) is 0 Å². The summed E-state index contributed by atoms with van der Waals surface area (Å²) in [5.41, 5.74) is 5.81. The van der Waals surface area contributed by atoms with Crippen LogP contribution in [-0.4, -0.2) is 23.7 Å². The number of aliphatic hydroxyl groups excluding tert-OH is 1. The summed E-state index contributed by atoms with van der Waals surface area (Å²) in [6.07, 6.45) is 0. The van der Waals surface area contributed by atoms with Gasteiger partial charge in [-0.1, -0.05) is 13.0 Å². The molecule has 0 saturated carbocycles. The van der Waals surface area contributed by atoms with Gasteiger partial charge in [-0.2, -0.15) is 0 Å².